The van der Waals surface area contributed by atoms with Crippen LogP contribution in [0.2, 0.25) is 0 Å². The average Bonchev–Trinajstić information content (AvgIpc) is 2.84. The van der Waals surface area contributed by atoms with Crippen molar-refractivity contribution in [2.75, 3.05) is 5.73 Å². The highest BCUT2D eigenvalue weighted by Gasteiger charge is 2.15. The zero-order chi connectivity index (χ0) is 16.2. The summed E-state index contributed by atoms with van der Waals surface area (Å²) >= 11 is 0. The van der Waals surface area contributed by atoms with E-state index in [-0.39, 0.29) is 0 Å². The van der Waals surface area contributed by atoms with Crippen LogP contribution in [-0.4, -0.2) is 4.57 Å². The van der Waals surface area contributed by atoms with Gasteiger partial charge in [-0.3, -0.25) is 4.57 Å². The van der Waals surface area contributed by atoms with E-state index >= 15 is 0 Å². The van der Waals surface area contributed by atoms with Crippen LogP contribution in [0, 0.1) is 18.3 Å². The van der Waals surface area contributed by atoms with Gasteiger partial charge < -0.3 is 10.5 Å². The summed E-state index contributed by atoms with van der Waals surface area (Å²) in [5.41, 5.74) is 9.26. The molecular formula is C19H17N3O. The van der Waals surface area contributed by atoms with Gasteiger partial charge in [0, 0.05) is 6.07 Å². The Hall–Kier alpha value is -3.19. The number of para-hydroxylation sites is 1. The van der Waals surface area contributed by atoms with Gasteiger partial charge in [-0.25, -0.2) is 0 Å². The Morgan fingerprint density at radius 2 is 1.87 bits per heavy atom. The molecule has 114 valence electrons. The van der Waals surface area contributed by atoms with Crippen molar-refractivity contribution in [3.05, 3.63) is 77.5 Å². The highest BCUT2D eigenvalue weighted by molar-refractivity contribution is 5.56. The predicted molar refractivity (Wildman–Crippen MR) is 90.4 cm³/mol. The summed E-state index contributed by atoms with van der Waals surface area (Å²) < 4.78 is 7.71. The standard InChI is InChI=1S/C19H17N3O/c1-14-6-5-7-15(10-14)13-22-16(12-20)11-18(21)19(22)23-17-8-3-2-4-9-17/h2-11H,13,21H2,1H3. The molecule has 3 rings (SSSR count). The lowest BCUT2D eigenvalue weighted by atomic mass is 10.1. The van der Waals surface area contributed by atoms with E-state index in [1.54, 1.807) is 10.6 Å². The molecule has 0 aliphatic heterocycles. The first kappa shape index (κ1) is 14.7. The Labute approximate surface area is 135 Å². The third-order valence-corrected chi connectivity index (χ3v) is 3.57. The minimum absolute atomic E-state index is 0.457. The molecule has 3 aromatic rings. The summed E-state index contributed by atoms with van der Waals surface area (Å²) in [6.07, 6.45) is 0. The SMILES string of the molecule is Cc1cccc(Cn2c(C#N)cc(N)c2Oc2ccccc2)c1. The molecule has 0 aliphatic rings. The fourth-order valence-corrected chi connectivity index (χ4v) is 2.51. The number of aryl methyl sites for hydroxylation is 1. The van der Waals surface area contributed by atoms with Gasteiger partial charge in [-0.1, -0.05) is 48.0 Å². The van der Waals surface area contributed by atoms with Crippen molar-refractivity contribution in [2.24, 2.45) is 0 Å². The zero-order valence-electron chi connectivity index (χ0n) is 12.9. The summed E-state index contributed by atoms with van der Waals surface area (Å²) in [6, 6.07) is 21.4. The lowest BCUT2D eigenvalue weighted by Crippen LogP contribution is -2.05. The number of hydrogen-bond donors (Lipinski definition) is 1. The van der Waals surface area contributed by atoms with Gasteiger partial charge >= 0.3 is 0 Å². The maximum Gasteiger partial charge on any atom is 0.224 e. The van der Waals surface area contributed by atoms with E-state index in [1.165, 1.54) is 5.56 Å². The van der Waals surface area contributed by atoms with Crippen molar-refractivity contribution in [3.63, 3.8) is 0 Å². The van der Waals surface area contributed by atoms with Crippen molar-refractivity contribution in [1.29, 1.82) is 5.26 Å². The van der Waals surface area contributed by atoms with Crippen LogP contribution in [0.4, 0.5) is 5.69 Å². The summed E-state index contributed by atoms with van der Waals surface area (Å²) in [4.78, 5) is 0. The molecule has 4 heteroatoms. The second-order valence-electron chi connectivity index (χ2n) is 5.39. The van der Waals surface area contributed by atoms with Gasteiger partial charge in [0.05, 0.1) is 12.2 Å². The molecule has 0 aliphatic carbocycles. The molecule has 0 atom stereocenters. The molecule has 23 heavy (non-hydrogen) atoms. The van der Waals surface area contributed by atoms with Crippen LogP contribution in [0.1, 0.15) is 16.8 Å². The molecule has 0 amide bonds. The van der Waals surface area contributed by atoms with Crippen LogP contribution < -0.4 is 10.5 Å². The normalized spacial score (nSPS) is 10.3. The molecule has 4 nitrogen and oxygen atoms in total. The molecule has 0 bridgehead atoms. The molecule has 1 heterocycles. The van der Waals surface area contributed by atoms with Gasteiger partial charge in [-0.05, 0) is 24.6 Å². The molecule has 0 saturated heterocycles. The van der Waals surface area contributed by atoms with E-state index in [0.717, 1.165) is 5.56 Å². The topological polar surface area (TPSA) is 64.0 Å². The largest absolute Gasteiger partial charge is 0.439 e. The molecule has 2 N–H and O–H groups in total. The van der Waals surface area contributed by atoms with E-state index in [0.29, 0.717) is 29.6 Å². The maximum absolute atomic E-state index is 9.37. The second-order valence-corrected chi connectivity index (χ2v) is 5.39. The number of nitrogen functional groups attached to an aromatic ring is 1. The van der Waals surface area contributed by atoms with Crippen molar-refractivity contribution < 1.29 is 4.74 Å². The number of hydrogen-bond acceptors (Lipinski definition) is 3. The number of anilines is 1. The first-order valence-electron chi connectivity index (χ1n) is 7.35. The van der Waals surface area contributed by atoms with Crippen molar-refractivity contribution in [3.8, 4) is 17.7 Å². The maximum atomic E-state index is 9.37. The van der Waals surface area contributed by atoms with E-state index in [9.17, 15) is 5.26 Å². The predicted octanol–water partition coefficient (Wildman–Crippen LogP) is 4.09. The van der Waals surface area contributed by atoms with Crippen molar-refractivity contribution in [1.82, 2.24) is 4.57 Å². The number of benzene rings is 2. The lowest BCUT2D eigenvalue weighted by Gasteiger charge is -2.13. The van der Waals surface area contributed by atoms with Crippen molar-refractivity contribution in [2.45, 2.75) is 13.5 Å². The second kappa shape index (κ2) is 6.29. The van der Waals surface area contributed by atoms with Gasteiger partial charge in [0.15, 0.2) is 0 Å². The van der Waals surface area contributed by atoms with Crippen LogP contribution >= 0.6 is 0 Å². The highest BCUT2D eigenvalue weighted by atomic mass is 16.5. The lowest BCUT2D eigenvalue weighted by molar-refractivity contribution is 0.437. The van der Waals surface area contributed by atoms with E-state index < -0.39 is 0 Å². The summed E-state index contributed by atoms with van der Waals surface area (Å²) in [7, 11) is 0. The third kappa shape index (κ3) is 3.19. The molecule has 0 saturated carbocycles. The van der Waals surface area contributed by atoms with E-state index in [2.05, 4.69) is 12.1 Å². The molecule has 1 aromatic heterocycles. The van der Waals surface area contributed by atoms with E-state index in [1.807, 2.05) is 55.5 Å². The molecule has 0 unspecified atom stereocenters. The van der Waals surface area contributed by atoms with E-state index in [4.69, 9.17) is 10.5 Å². The fourth-order valence-electron chi connectivity index (χ4n) is 2.51. The fraction of sp³-hybridized carbons (Fsp3) is 0.105. The summed E-state index contributed by atoms with van der Waals surface area (Å²) in [5.74, 6) is 1.18. The number of nitrogens with two attached hydrogens (primary N) is 1. The number of nitriles is 1. The summed E-state index contributed by atoms with van der Waals surface area (Å²) in [5, 5.41) is 9.37. The van der Waals surface area contributed by atoms with Crippen LogP contribution in [0.25, 0.3) is 0 Å². The first-order chi connectivity index (χ1) is 11.2. The first-order valence-corrected chi connectivity index (χ1v) is 7.35. The Bertz CT molecular complexity index is 860. The third-order valence-electron chi connectivity index (χ3n) is 3.57. The Morgan fingerprint density at radius 3 is 2.57 bits per heavy atom. The molecular weight excluding hydrogens is 286 g/mol. The Balaban J connectivity index is 1.99. The number of nitrogens with zero attached hydrogens (tertiary/aromatic N) is 2. The van der Waals surface area contributed by atoms with Crippen LogP contribution in [-0.2, 0) is 6.54 Å². The number of rotatable bonds is 4. The smallest absolute Gasteiger partial charge is 0.224 e. The molecule has 0 fully saturated rings. The van der Waals surface area contributed by atoms with Crippen LogP contribution in [0.5, 0.6) is 11.6 Å². The molecule has 0 spiro atoms. The van der Waals surface area contributed by atoms with Crippen molar-refractivity contribution >= 4 is 5.69 Å². The molecule has 2 aromatic carbocycles. The Morgan fingerprint density at radius 1 is 1.09 bits per heavy atom. The van der Waals surface area contributed by atoms with Gasteiger partial charge in [-0.15, -0.1) is 0 Å². The van der Waals surface area contributed by atoms with Gasteiger partial charge in [0.2, 0.25) is 5.88 Å². The minimum Gasteiger partial charge on any atom is -0.439 e. The summed E-state index contributed by atoms with van der Waals surface area (Å²) in [6.45, 7) is 2.57. The number of aromatic nitrogens is 1. The van der Waals surface area contributed by atoms with Gasteiger partial charge in [0.1, 0.15) is 17.5 Å². The highest BCUT2D eigenvalue weighted by Crippen LogP contribution is 2.31. The van der Waals surface area contributed by atoms with Crippen LogP contribution in [0.15, 0.2) is 60.7 Å². The molecule has 0 radical (unpaired) electrons. The quantitative estimate of drug-likeness (QED) is 0.789. The monoisotopic (exact) mass is 303 g/mol. The minimum atomic E-state index is 0.457. The average molecular weight is 303 g/mol. The van der Waals surface area contributed by atoms with Gasteiger partial charge in [-0.2, -0.15) is 5.26 Å². The number of ether oxygens (including phenoxy) is 1. The van der Waals surface area contributed by atoms with Crippen LogP contribution in [0.3, 0.4) is 0 Å². The zero-order valence-corrected chi connectivity index (χ0v) is 12.9. The van der Waals surface area contributed by atoms with Gasteiger partial charge in [0.25, 0.3) is 0 Å². The Kier molecular flexibility index (Phi) is 4.03.